The average Bonchev–Trinajstić information content (AvgIpc) is 2.63. The van der Waals surface area contributed by atoms with Gasteiger partial charge in [-0.1, -0.05) is 0 Å². The molecule has 160 valence electrons. The molecule has 30 heavy (non-hydrogen) atoms. The molecule has 0 radical (unpaired) electrons. The number of hydrogen-bond donors (Lipinski definition) is 3. The van der Waals surface area contributed by atoms with Gasteiger partial charge in [0.15, 0.2) is 11.6 Å². The summed E-state index contributed by atoms with van der Waals surface area (Å²) in [5.41, 5.74) is -0.777. The number of nitrogens with one attached hydrogen (secondary N) is 1. The first-order valence-corrected chi connectivity index (χ1v) is 12.5. The van der Waals surface area contributed by atoms with E-state index in [9.17, 15) is 34.8 Å². The second kappa shape index (κ2) is 7.04. The van der Waals surface area contributed by atoms with Crippen LogP contribution in [0.25, 0.3) is 0 Å². The van der Waals surface area contributed by atoms with Crippen LogP contribution in [-0.4, -0.2) is 46.7 Å². The standard InChI is InChI=1S/C16H14N2O9S3/c1-8(30(25,26)27)18-29(23,24)10-3-5-12-14(7-10)16(20)11-4-2-9(28(17,21)22)6-13(11)15(12)19/h2-8,18H,1H3,(H2,17,21,22)(H,25,26,27). The number of nitrogens with two attached hydrogens (primary N) is 1. The predicted octanol–water partition coefficient (Wildman–Crippen LogP) is -0.378. The third-order valence-electron chi connectivity index (χ3n) is 4.37. The molecule has 0 aliphatic heterocycles. The fraction of sp³-hybridized carbons (Fsp3) is 0.125. The van der Waals surface area contributed by atoms with E-state index in [1.807, 2.05) is 0 Å². The number of fused-ring (bicyclic) bond motifs is 2. The van der Waals surface area contributed by atoms with Crippen molar-refractivity contribution in [2.45, 2.75) is 22.1 Å². The first-order chi connectivity index (χ1) is 13.6. The molecule has 0 saturated carbocycles. The lowest BCUT2D eigenvalue weighted by atomic mass is 9.84. The zero-order chi connectivity index (χ0) is 22.6. The van der Waals surface area contributed by atoms with E-state index >= 15 is 0 Å². The van der Waals surface area contributed by atoms with Gasteiger partial charge in [-0.15, -0.1) is 0 Å². The normalized spacial score (nSPS) is 15.4. The van der Waals surface area contributed by atoms with Crippen LogP contribution in [0.4, 0.5) is 0 Å². The van der Waals surface area contributed by atoms with E-state index in [-0.39, 0.29) is 27.1 Å². The average molecular weight is 474 g/mol. The summed E-state index contributed by atoms with van der Waals surface area (Å²) in [6, 6.07) is 6.02. The number of carbonyl (C=O) groups is 2. The SMILES string of the molecule is CC(NS(=O)(=O)c1ccc2c(c1)C(=O)c1ccc(S(N)(=O)=O)cc1C2=O)S(=O)(=O)O. The highest BCUT2D eigenvalue weighted by Gasteiger charge is 2.33. The zero-order valence-corrected chi connectivity index (χ0v) is 17.5. The number of benzene rings is 2. The van der Waals surface area contributed by atoms with Gasteiger partial charge in [0, 0.05) is 22.3 Å². The van der Waals surface area contributed by atoms with Crippen molar-refractivity contribution in [3.05, 3.63) is 58.7 Å². The van der Waals surface area contributed by atoms with Crippen LogP contribution in [0.3, 0.4) is 0 Å². The molecular formula is C16H14N2O9S3. The van der Waals surface area contributed by atoms with Crippen molar-refractivity contribution in [2.24, 2.45) is 5.14 Å². The summed E-state index contributed by atoms with van der Waals surface area (Å²) in [5.74, 6) is -1.45. The summed E-state index contributed by atoms with van der Waals surface area (Å²) in [5, 5.41) is 3.19. The number of rotatable bonds is 5. The monoisotopic (exact) mass is 474 g/mol. The van der Waals surface area contributed by atoms with Crippen molar-refractivity contribution < 1.29 is 39.4 Å². The van der Waals surface area contributed by atoms with Crippen molar-refractivity contribution in [3.63, 3.8) is 0 Å². The molecule has 4 N–H and O–H groups in total. The molecule has 1 unspecified atom stereocenters. The molecular weight excluding hydrogens is 460 g/mol. The van der Waals surface area contributed by atoms with Gasteiger partial charge in [0.05, 0.1) is 9.79 Å². The Hall–Kier alpha value is -2.49. The van der Waals surface area contributed by atoms with Crippen LogP contribution < -0.4 is 9.86 Å². The van der Waals surface area contributed by atoms with Gasteiger partial charge in [-0.2, -0.15) is 13.1 Å². The summed E-state index contributed by atoms with van der Waals surface area (Å²) in [6.45, 7) is 0.902. The molecule has 2 aromatic carbocycles. The van der Waals surface area contributed by atoms with Crippen LogP contribution in [0.5, 0.6) is 0 Å². The highest BCUT2D eigenvalue weighted by Crippen LogP contribution is 2.30. The number of primary sulfonamides is 1. The third kappa shape index (κ3) is 3.92. The molecule has 2 aromatic rings. The number of carbonyl (C=O) groups excluding carboxylic acids is 2. The smallest absolute Gasteiger partial charge is 0.281 e. The summed E-state index contributed by atoms with van der Waals surface area (Å²) in [7, 11) is -13.3. The largest absolute Gasteiger partial charge is 0.289 e. The molecule has 11 nitrogen and oxygen atoms in total. The molecule has 1 aliphatic rings. The van der Waals surface area contributed by atoms with Gasteiger partial charge >= 0.3 is 0 Å². The molecule has 0 heterocycles. The van der Waals surface area contributed by atoms with Crippen LogP contribution >= 0.6 is 0 Å². The summed E-state index contributed by atoms with van der Waals surface area (Å²) in [4.78, 5) is 24.6. The fourth-order valence-corrected chi connectivity index (χ4v) is 5.30. The predicted molar refractivity (Wildman–Crippen MR) is 102 cm³/mol. The maximum atomic E-state index is 12.8. The molecule has 0 aromatic heterocycles. The Kier molecular flexibility index (Phi) is 5.21. The van der Waals surface area contributed by atoms with E-state index in [1.54, 1.807) is 4.72 Å². The molecule has 1 atom stereocenters. The Morgan fingerprint density at radius 3 is 1.67 bits per heavy atom. The van der Waals surface area contributed by atoms with Crippen LogP contribution in [-0.2, 0) is 30.2 Å². The molecule has 0 spiro atoms. The van der Waals surface area contributed by atoms with Gasteiger partial charge < -0.3 is 0 Å². The molecule has 3 rings (SSSR count). The van der Waals surface area contributed by atoms with Gasteiger partial charge in [-0.3, -0.25) is 14.1 Å². The van der Waals surface area contributed by atoms with E-state index in [0.29, 0.717) is 0 Å². The number of sulfonamides is 2. The summed E-state index contributed by atoms with van der Waals surface area (Å²) >= 11 is 0. The van der Waals surface area contributed by atoms with E-state index in [1.165, 1.54) is 0 Å². The maximum Gasteiger partial charge on any atom is 0.281 e. The Labute approximate surface area is 171 Å². The van der Waals surface area contributed by atoms with Gasteiger partial charge in [-0.25, -0.2) is 22.0 Å². The van der Waals surface area contributed by atoms with Gasteiger partial charge in [0.25, 0.3) is 10.1 Å². The summed E-state index contributed by atoms with van der Waals surface area (Å²) < 4.78 is 80.7. The lowest BCUT2D eigenvalue weighted by Crippen LogP contribution is -2.38. The number of ketones is 2. The summed E-state index contributed by atoms with van der Waals surface area (Å²) in [6.07, 6.45) is 0. The highest BCUT2D eigenvalue weighted by atomic mass is 32.2. The third-order valence-corrected chi connectivity index (χ3v) is 7.98. The first-order valence-electron chi connectivity index (χ1n) is 8.02. The maximum absolute atomic E-state index is 12.8. The van der Waals surface area contributed by atoms with Crippen molar-refractivity contribution in [3.8, 4) is 0 Å². The molecule has 0 amide bonds. The van der Waals surface area contributed by atoms with Crippen LogP contribution in [0.1, 0.15) is 38.8 Å². The van der Waals surface area contributed by atoms with Crippen molar-refractivity contribution >= 4 is 41.7 Å². The molecule has 14 heteroatoms. The molecule has 0 bridgehead atoms. The van der Waals surface area contributed by atoms with Gasteiger partial charge in [-0.05, 0) is 43.3 Å². The minimum Gasteiger partial charge on any atom is -0.289 e. The molecule has 0 fully saturated rings. The van der Waals surface area contributed by atoms with E-state index in [2.05, 4.69) is 0 Å². The molecule has 0 saturated heterocycles. The minimum absolute atomic E-state index is 0.145. The van der Waals surface area contributed by atoms with Crippen molar-refractivity contribution in [1.29, 1.82) is 0 Å². The Bertz CT molecular complexity index is 1430. The van der Waals surface area contributed by atoms with Crippen LogP contribution in [0, 0.1) is 0 Å². The van der Waals surface area contributed by atoms with Crippen LogP contribution in [0.15, 0.2) is 46.2 Å². The van der Waals surface area contributed by atoms with Crippen molar-refractivity contribution in [1.82, 2.24) is 4.72 Å². The quantitative estimate of drug-likeness (QED) is 0.413. The molecule has 1 aliphatic carbocycles. The lowest BCUT2D eigenvalue weighted by molar-refractivity contribution is 0.0978. The second-order valence-corrected chi connectivity index (χ2v) is 11.4. The Morgan fingerprint density at radius 1 is 0.800 bits per heavy atom. The highest BCUT2D eigenvalue weighted by molar-refractivity contribution is 7.91. The Balaban J connectivity index is 2.09. The van der Waals surface area contributed by atoms with E-state index in [4.69, 9.17) is 9.69 Å². The Morgan fingerprint density at radius 2 is 1.23 bits per heavy atom. The lowest BCUT2D eigenvalue weighted by Gasteiger charge is -2.19. The van der Waals surface area contributed by atoms with Gasteiger partial charge in [0.2, 0.25) is 20.0 Å². The zero-order valence-electron chi connectivity index (χ0n) is 15.1. The minimum atomic E-state index is -4.71. The first kappa shape index (κ1) is 22.2. The fourth-order valence-electron chi connectivity index (χ4n) is 2.80. The topological polar surface area (TPSA) is 195 Å². The van der Waals surface area contributed by atoms with E-state index < -0.39 is 52.0 Å². The number of hydrogen-bond acceptors (Lipinski definition) is 8. The van der Waals surface area contributed by atoms with Crippen molar-refractivity contribution in [2.75, 3.05) is 0 Å². The van der Waals surface area contributed by atoms with E-state index in [0.717, 1.165) is 43.3 Å². The second-order valence-electron chi connectivity index (χ2n) is 6.40. The van der Waals surface area contributed by atoms with Crippen LogP contribution in [0.2, 0.25) is 0 Å². The van der Waals surface area contributed by atoms with Gasteiger partial charge in [0.1, 0.15) is 5.37 Å².